The highest BCUT2D eigenvalue weighted by molar-refractivity contribution is 5.99. The van der Waals surface area contributed by atoms with Crippen LogP contribution in [-0.2, 0) is 56.0 Å². The molecule has 23 nitrogen and oxygen atoms in total. The van der Waals surface area contributed by atoms with Crippen LogP contribution in [0.2, 0.25) is 0 Å². The summed E-state index contributed by atoms with van der Waals surface area (Å²) in [5.41, 5.74) is 30.2. The van der Waals surface area contributed by atoms with E-state index in [0.717, 1.165) is 16.5 Å². The Bertz CT molecular complexity index is 2500. The fourth-order valence-electron chi connectivity index (χ4n) is 8.92. The van der Waals surface area contributed by atoms with Crippen molar-refractivity contribution in [1.82, 2.24) is 36.9 Å². The molecule has 23 heteroatoms. The number of nitrogens with zero attached hydrogens (tertiary/aromatic N) is 2. The second-order valence-corrected chi connectivity index (χ2v) is 19.5. The van der Waals surface area contributed by atoms with Crippen LogP contribution in [0.4, 0.5) is 0 Å². The molecule has 1 aliphatic rings. The van der Waals surface area contributed by atoms with Gasteiger partial charge in [0.1, 0.15) is 30.0 Å². The van der Waals surface area contributed by atoms with E-state index in [-0.39, 0.29) is 108 Å². The standard InChI is InChI=1S/C52H76N14O9/c1-30(2)23-41-49(74)64-40(24-32-13-5-4-6-14-32)44(69)26-33(15-11-21-59-51(54)55)43(68)27-34(25-35-29-61-37-17-8-7-16-36(35)37)47(72)63-38(46(53)71)18-9-10-20-58-45(70)28-42(50(75)65-41)66-48(73)39(62-31(3)67)19-12-22-60-52(56)57/h4-8,13-14,16-17,29-30,33-34,38-42,61H,9-12,15,18-28H2,1-3H3,(H2,53,71)(H,58,70)(H,62,67)(H,63,72)(H,64,74)(H,65,75)(H,66,73)(H4,54,55,59)(H4,56,57,60)/t33-,34-,38+,39+,40-,41+,42+/m1/s1. The molecule has 408 valence electrons. The number of carbonyl (C=O) groups excluding carboxylic acids is 9. The van der Waals surface area contributed by atoms with Crippen LogP contribution in [0.25, 0.3) is 10.9 Å². The number of guanidine groups is 2. The Morgan fingerprint density at radius 3 is 2.04 bits per heavy atom. The van der Waals surface area contributed by atoms with Crippen LogP contribution in [0, 0.1) is 17.8 Å². The summed E-state index contributed by atoms with van der Waals surface area (Å²) in [4.78, 5) is 137. The van der Waals surface area contributed by atoms with E-state index in [1.165, 1.54) is 6.92 Å². The molecule has 0 spiro atoms. The van der Waals surface area contributed by atoms with Gasteiger partial charge in [-0.15, -0.1) is 0 Å². The van der Waals surface area contributed by atoms with Crippen LogP contribution in [0.5, 0.6) is 0 Å². The van der Waals surface area contributed by atoms with Crippen molar-refractivity contribution >= 4 is 75.7 Å². The zero-order valence-corrected chi connectivity index (χ0v) is 43.2. The number of fused-ring (bicyclic) bond motifs is 1. The number of amides is 7. The van der Waals surface area contributed by atoms with E-state index in [9.17, 15) is 43.2 Å². The number of hydrogen-bond donors (Lipinski definition) is 12. The number of hydrogen-bond acceptors (Lipinski definition) is 11. The summed E-state index contributed by atoms with van der Waals surface area (Å²) < 4.78 is 0. The Balaban J connectivity index is 1.77. The molecule has 0 aliphatic carbocycles. The molecule has 17 N–H and O–H groups in total. The van der Waals surface area contributed by atoms with Gasteiger partial charge in [0.2, 0.25) is 41.4 Å². The summed E-state index contributed by atoms with van der Waals surface area (Å²) in [6.45, 7) is 5.17. The monoisotopic (exact) mass is 1040 g/mol. The first-order valence-corrected chi connectivity index (χ1v) is 25.5. The molecule has 7 amide bonds. The van der Waals surface area contributed by atoms with Crippen LogP contribution < -0.4 is 60.6 Å². The molecule has 1 aromatic heterocycles. The molecule has 1 saturated heterocycles. The maximum absolute atomic E-state index is 14.8. The molecular formula is C52H76N14O9. The molecule has 7 atom stereocenters. The van der Waals surface area contributed by atoms with E-state index in [4.69, 9.17) is 28.7 Å². The SMILES string of the molecule is CC(=O)N[C@@H](CCCN=C(N)N)C(=O)N[C@H]1CC(=O)NCCCC[C@@H](C(N)=O)NC(=O)[C@H](Cc2c[nH]c3ccccc23)CC(=O)[C@H](CCCN=C(N)N)CC(=O)[C@@H](Cc2ccccc2)NC(=O)[C@H](CC(C)C)NC1=O. The van der Waals surface area contributed by atoms with Gasteiger partial charge in [0.05, 0.1) is 12.5 Å². The maximum Gasteiger partial charge on any atom is 0.243 e. The molecule has 0 radical (unpaired) electrons. The van der Waals surface area contributed by atoms with Crippen molar-refractivity contribution < 1.29 is 43.2 Å². The van der Waals surface area contributed by atoms with Gasteiger partial charge in [-0.05, 0) is 87.3 Å². The number of H-pyrrole nitrogens is 1. The Morgan fingerprint density at radius 2 is 1.37 bits per heavy atom. The largest absolute Gasteiger partial charge is 0.370 e. The van der Waals surface area contributed by atoms with Gasteiger partial charge in [0.25, 0.3) is 0 Å². The van der Waals surface area contributed by atoms with Crippen LogP contribution >= 0.6 is 0 Å². The first-order chi connectivity index (χ1) is 35.7. The van der Waals surface area contributed by atoms with Crippen molar-refractivity contribution in [2.24, 2.45) is 56.4 Å². The molecule has 2 aromatic carbocycles. The van der Waals surface area contributed by atoms with Gasteiger partial charge in [0.15, 0.2) is 17.7 Å². The fraction of sp³-hybridized carbons (Fsp3) is 0.519. The molecule has 0 unspecified atom stereocenters. The molecule has 1 fully saturated rings. The van der Waals surface area contributed by atoms with Gasteiger partial charge in [-0.1, -0.05) is 62.4 Å². The highest BCUT2D eigenvalue weighted by atomic mass is 16.2. The van der Waals surface area contributed by atoms with Crippen molar-refractivity contribution in [2.45, 2.75) is 134 Å². The van der Waals surface area contributed by atoms with Crippen molar-refractivity contribution in [3.63, 3.8) is 0 Å². The van der Waals surface area contributed by atoms with Crippen molar-refractivity contribution in [1.29, 1.82) is 0 Å². The average Bonchev–Trinajstić information content (AvgIpc) is 3.76. The number of aromatic nitrogens is 1. The normalized spacial score (nSPS) is 21.4. The van der Waals surface area contributed by atoms with Crippen LogP contribution in [0.15, 0.2) is 70.8 Å². The molecule has 2 heterocycles. The quantitative estimate of drug-likeness (QED) is 0.0450. The van der Waals surface area contributed by atoms with Gasteiger partial charge in [-0.3, -0.25) is 53.1 Å². The Kier molecular flexibility index (Phi) is 24.2. The summed E-state index contributed by atoms with van der Waals surface area (Å²) >= 11 is 0. The van der Waals surface area contributed by atoms with Gasteiger partial charge < -0.3 is 65.6 Å². The molecule has 4 rings (SSSR count). The molecule has 0 saturated carbocycles. The number of ketones is 2. The highest BCUT2D eigenvalue weighted by Crippen LogP contribution is 2.26. The average molecular weight is 1040 g/mol. The number of primary amides is 1. The predicted octanol–water partition coefficient (Wildman–Crippen LogP) is -0.123. The maximum atomic E-state index is 14.8. The summed E-state index contributed by atoms with van der Waals surface area (Å²) in [7, 11) is 0. The lowest BCUT2D eigenvalue weighted by molar-refractivity contribution is -0.136. The van der Waals surface area contributed by atoms with Gasteiger partial charge >= 0.3 is 0 Å². The summed E-state index contributed by atoms with van der Waals surface area (Å²) in [6, 6.07) is 9.90. The second-order valence-electron chi connectivity index (χ2n) is 19.5. The molecule has 3 aromatic rings. The van der Waals surface area contributed by atoms with E-state index in [1.807, 2.05) is 38.1 Å². The zero-order valence-electron chi connectivity index (χ0n) is 43.2. The highest BCUT2D eigenvalue weighted by Gasteiger charge is 2.36. The van der Waals surface area contributed by atoms with E-state index < -0.39 is 101 Å². The first-order valence-electron chi connectivity index (χ1n) is 25.5. The minimum Gasteiger partial charge on any atom is -0.370 e. The lowest BCUT2D eigenvalue weighted by Crippen LogP contribution is -2.58. The number of aromatic amines is 1. The Hall–Kier alpha value is -7.85. The summed E-state index contributed by atoms with van der Waals surface area (Å²) in [6.07, 6.45) is 1.97. The fourth-order valence-corrected chi connectivity index (χ4v) is 8.92. The van der Waals surface area contributed by atoms with Crippen LogP contribution in [0.3, 0.4) is 0 Å². The number of benzene rings is 2. The predicted molar refractivity (Wildman–Crippen MR) is 284 cm³/mol. The minimum absolute atomic E-state index is 0.00462. The number of carbonyl (C=O) groups is 9. The van der Waals surface area contributed by atoms with Gasteiger partial charge in [-0.2, -0.15) is 0 Å². The number of nitrogens with one attached hydrogen (secondary N) is 7. The number of aliphatic imine (C=N–C) groups is 2. The van der Waals surface area contributed by atoms with Crippen molar-refractivity contribution in [2.75, 3.05) is 19.6 Å². The van der Waals surface area contributed by atoms with Gasteiger partial charge in [0, 0.05) is 68.3 Å². The van der Waals surface area contributed by atoms with E-state index in [0.29, 0.717) is 12.0 Å². The Morgan fingerprint density at radius 1 is 0.720 bits per heavy atom. The summed E-state index contributed by atoms with van der Waals surface area (Å²) in [5, 5.41) is 17.0. The minimum atomic E-state index is -1.57. The van der Waals surface area contributed by atoms with E-state index in [2.05, 4.69) is 46.9 Å². The van der Waals surface area contributed by atoms with Gasteiger partial charge in [-0.25, -0.2) is 0 Å². The molecular weight excluding hydrogens is 965 g/mol. The van der Waals surface area contributed by atoms with E-state index >= 15 is 0 Å². The molecule has 75 heavy (non-hydrogen) atoms. The molecule has 0 bridgehead atoms. The number of nitrogens with two attached hydrogens (primary N) is 5. The number of rotatable bonds is 18. The first kappa shape index (κ1) is 59.7. The van der Waals surface area contributed by atoms with Crippen molar-refractivity contribution in [3.8, 4) is 0 Å². The number of para-hydroxylation sites is 1. The topological polar surface area (TPSA) is 396 Å². The lowest BCUT2D eigenvalue weighted by Gasteiger charge is -2.28. The van der Waals surface area contributed by atoms with Crippen LogP contribution in [0.1, 0.15) is 103 Å². The summed E-state index contributed by atoms with van der Waals surface area (Å²) in [5.74, 6) is -8.56. The number of Topliss-reactive ketones (excluding diaryl/α,β-unsaturated/α-hetero) is 2. The van der Waals surface area contributed by atoms with E-state index in [1.54, 1.807) is 36.5 Å². The third kappa shape index (κ3) is 20.9. The van der Waals surface area contributed by atoms with Crippen molar-refractivity contribution in [3.05, 3.63) is 71.9 Å². The third-order valence-electron chi connectivity index (χ3n) is 12.8. The van der Waals surface area contributed by atoms with Crippen LogP contribution in [-0.4, -0.2) is 120 Å². The second kappa shape index (κ2) is 30.4. The smallest absolute Gasteiger partial charge is 0.243 e. The third-order valence-corrected chi connectivity index (χ3v) is 12.8. The lowest BCUT2D eigenvalue weighted by atomic mass is 9.83. The zero-order chi connectivity index (χ0) is 55.0. The Labute approximate surface area is 436 Å². The molecule has 1 aliphatic heterocycles.